The average molecular weight is 228 g/mol. The summed E-state index contributed by atoms with van der Waals surface area (Å²) in [5.41, 5.74) is 2.09. The van der Waals surface area contributed by atoms with Crippen molar-refractivity contribution in [3.8, 4) is 12.3 Å². The minimum Gasteiger partial charge on any atom is -0.382 e. The lowest BCUT2D eigenvalue weighted by atomic mass is 10.0. The number of nitrogens with one attached hydrogen (secondary N) is 1. The van der Waals surface area contributed by atoms with Crippen LogP contribution in [0, 0.1) is 12.3 Å². The van der Waals surface area contributed by atoms with E-state index in [0.717, 1.165) is 11.3 Å². The van der Waals surface area contributed by atoms with Crippen molar-refractivity contribution in [3.63, 3.8) is 0 Å². The summed E-state index contributed by atoms with van der Waals surface area (Å²) in [5.74, 6) is 2.67. The summed E-state index contributed by atoms with van der Waals surface area (Å²) in [7, 11) is 0. The molecule has 2 nitrogen and oxygen atoms in total. The van der Waals surface area contributed by atoms with Gasteiger partial charge in [0.1, 0.15) is 0 Å². The first kappa shape index (κ1) is 12.0. The zero-order chi connectivity index (χ0) is 12.1. The van der Waals surface area contributed by atoms with Crippen molar-refractivity contribution in [3.05, 3.63) is 29.8 Å². The van der Waals surface area contributed by atoms with Crippen LogP contribution in [0.15, 0.2) is 24.3 Å². The van der Waals surface area contributed by atoms with Gasteiger partial charge in [0.25, 0.3) is 0 Å². The van der Waals surface area contributed by atoms with Gasteiger partial charge in [-0.05, 0) is 37.6 Å². The van der Waals surface area contributed by atoms with E-state index in [-0.39, 0.29) is 0 Å². The highest BCUT2D eigenvalue weighted by Crippen LogP contribution is 2.17. The number of rotatable bonds is 3. The Bertz CT molecular complexity index is 398. The van der Waals surface area contributed by atoms with Crippen molar-refractivity contribution >= 4 is 5.69 Å². The molecule has 2 heteroatoms. The normalized spacial score (nSPS) is 17.6. The smallest absolute Gasteiger partial charge is 0.0354 e. The van der Waals surface area contributed by atoms with E-state index in [2.05, 4.69) is 29.1 Å². The fourth-order valence-corrected chi connectivity index (χ4v) is 2.33. The maximum absolute atomic E-state index is 5.40. The summed E-state index contributed by atoms with van der Waals surface area (Å²) < 4.78 is 0. The number of nitrogens with zero attached hydrogens (tertiary/aromatic N) is 1. The molecular formula is C15H20N2. The summed E-state index contributed by atoms with van der Waals surface area (Å²) in [6.07, 6.45) is 7.84. The number of anilines is 1. The van der Waals surface area contributed by atoms with E-state index >= 15 is 0 Å². The fourth-order valence-electron chi connectivity index (χ4n) is 2.33. The van der Waals surface area contributed by atoms with Crippen LogP contribution >= 0.6 is 0 Å². The van der Waals surface area contributed by atoms with Gasteiger partial charge in [-0.3, -0.25) is 0 Å². The van der Waals surface area contributed by atoms with E-state index in [9.17, 15) is 0 Å². The molecule has 1 aliphatic rings. The van der Waals surface area contributed by atoms with Crippen LogP contribution in [0.5, 0.6) is 0 Å². The molecule has 0 saturated carbocycles. The molecule has 1 aromatic carbocycles. The van der Waals surface area contributed by atoms with Crippen LogP contribution in [-0.2, 0) is 0 Å². The number of terminal acetylenes is 1. The third-order valence-corrected chi connectivity index (χ3v) is 3.43. The Morgan fingerprint density at radius 3 is 2.82 bits per heavy atom. The molecule has 0 bridgehead atoms. The van der Waals surface area contributed by atoms with Crippen LogP contribution in [0.2, 0.25) is 0 Å². The second-order valence-electron chi connectivity index (χ2n) is 4.58. The van der Waals surface area contributed by atoms with Gasteiger partial charge >= 0.3 is 0 Å². The molecule has 2 rings (SSSR count). The number of hydrogen-bond acceptors (Lipinski definition) is 2. The summed E-state index contributed by atoms with van der Waals surface area (Å²) in [5, 5.41) is 3.58. The van der Waals surface area contributed by atoms with Crippen LogP contribution in [-0.4, -0.2) is 30.6 Å². The molecule has 0 atom stereocenters. The third kappa shape index (κ3) is 3.25. The lowest BCUT2D eigenvalue weighted by Crippen LogP contribution is -2.38. The van der Waals surface area contributed by atoms with Gasteiger partial charge in [0.2, 0.25) is 0 Å². The quantitative estimate of drug-likeness (QED) is 0.800. The lowest BCUT2D eigenvalue weighted by molar-refractivity contribution is 0.229. The highest BCUT2D eigenvalue weighted by molar-refractivity contribution is 5.50. The molecule has 17 heavy (non-hydrogen) atoms. The molecule has 1 fully saturated rings. The van der Waals surface area contributed by atoms with Crippen molar-refractivity contribution in [1.82, 2.24) is 4.90 Å². The van der Waals surface area contributed by atoms with Crippen molar-refractivity contribution < 1.29 is 0 Å². The molecule has 0 radical (unpaired) electrons. The van der Waals surface area contributed by atoms with Gasteiger partial charge in [-0.25, -0.2) is 0 Å². The minimum atomic E-state index is 0.589. The van der Waals surface area contributed by atoms with Crippen LogP contribution < -0.4 is 5.32 Å². The van der Waals surface area contributed by atoms with Crippen LogP contribution in [0.25, 0.3) is 0 Å². The minimum absolute atomic E-state index is 0.589. The maximum atomic E-state index is 5.40. The Balaban J connectivity index is 1.91. The first-order valence-corrected chi connectivity index (χ1v) is 6.37. The maximum Gasteiger partial charge on any atom is 0.0354 e. The van der Waals surface area contributed by atoms with Gasteiger partial charge in [0, 0.05) is 30.4 Å². The number of hydrogen-bond donors (Lipinski definition) is 1. The van der Waals surface area contributed by atoms with E-state index in [4.69, 9.17) is 6.42 Å². The first-order valence-electron chi connectivity index (χ1n) is 6.37. The van der Waals surface area contributed by atoms with Gasteiger partial charge in [-0.2, -0.15) is 0 Å². The van der Waals surface area contributed by atoms with Gasteiger partial charge < -0.3 is 10.2 Å². The topological polar surface area (TPSA) is 15.3 Å². The Hall–Kier alpha value is -1.46. The van der Waals surface area contributed by atoms with E-state index in [1.807, 2.05) is 18.2 Å². The Morgan fingerprint density at radius 2 is 2.18 bits per heavy atom. The van der Waals surface area contributed by atoms with Gasteiger partial charge in [0.05, 0.1) is 0 Å². The molecule has 1 saturated heterocycles. The van der Waals surface area contributed by atoms with Crippen LogP contribution in [0.3, 0.4) is 0 Å². The molecule has 1 aromatic rings. The highest BCUT2D eigenvalue weighted by Gasteiger charge is 2.17. The largest absolute Gasteiger partial charge is 0.382 e. The molecular weight excluding hydrogens is 208 g/mol. The van der Waals surface area contributed by atoms with Crippen molar-refractivity contribution in [2.45, 2.75) is 25.8 Å². The standard InChI is InChI=1S/C15H20N2/c1-3-13-6-5-7-15(12-13)16-14-8-10-17(4-2)11-9-14/h1,5-7,12,14,16H,4,8-11H2,2H3. The van der Waals surface area contributed by atoms with E-state index in [0.29, 0.717) is 6.04 Å². The zero-order valence-corrected chi connectivity index (χ0v) is 10.4. The molecule has 1 heterocycles. The van der Waals surface area contributed by atoms with Crippen molar-refractivity contribution in [2.75, 3.05) is 25.0 Å². The summed E-state index contributed by atoms with van der Waals surface area (Å²) in [6, 6.07) is 8.70. The van der Waals surface area contributed by atoms with Crippen molar-refractivity contribution in [2.24, 2.45) is 0 Å². The molecule has 1 aliphatic heterocycles. The zero-order valence-electron chi connectivity index (χ0n) is 10.4. The summed E-state index contributed by atoms with van der Waals surface area (Å²) in [6.45, 7) is 5.79. The molecule has 90 valence electrons. The predicted octanol–water partition coefficient (Wildman–Crippen LogP) is 2.56. The van der Waals surface area contributed by atoms with E-state index < -0.39 is 0 Å². The van der Waals surface area contributed by atoms with Gasteiger partial charge in [-0.1, -0.05) is 18.9 Å². The Kier molecular flexibility index (Phi) is 4.06. The molecule has 0 aliphatic carbocycles. The SMILES string of the molecule is C#Cc1cccc(NC2CCN(CC)CC2)c1. The van der Waals surface area contributed by atoms with E-state index in [1.165, 1.54) is 32.5 Å². The molecule has 0 aromatic heterocycles. The molecule has 1 N–H and O–H groups in total. The lowest BCUT2D eigenvalue weighted by Gasteiger charge is -2.32. The van der Waals surface area contributed by atoms with Gasteiger partial charge in [0.15, 0.2) is 0 Å². The number of piperidine rings is 1. The Morgan fingerprint density at radius 1 is 1.41 bits per heavy atom. The second-order valence-corrected chi connectivity index (χ2v) is 4.58. The number of benzene rings is 1. The van der Waals surface area contributed by atoms with Crippen molar-refractivity contribution in [1.29, 1.82) is 0 Å². The molecule has 0 unspecified atom stereocenters. The first-order chi connectivity index (χ1) is 8.31. The summed E-state index contributed by atoms with van der Waals surface area (Å²) >= 11 is 0. The number of likely N-dealkylation sites (tertiary alicyclic amines) is 1. The highest BCUT2D eigenvalue weighted by atomic mass is 15.1. The second kappa shape index (κ2) is 5.75. The van der Waals surface area contributed by atoms with E-state index in [1.54, 1.807) is 0 Å². The summed E-state index contributed by atoms with van der Waals surface area (Å²) in [4.78, 5) is 2.50. The average Bonchev–Trinajstić information content (AvgIpc) is 2.40. The fraction of sp³-hybridized carbons (Fsp3) is 0.467. The molecule has 0 amide bonds. The van der Waals surface area contributed by atoms with Crippen LogP contribution in [0.1, 0.15) is 25.3 Å². The van der Waals surface area contributed by atoms with Crippen LogP contribution in [0.4, 0.5) is 5.69 Å². The molecule has 0 spiro atoms. The monoisotopic (exact) mass is 228 g/mol. The third-order valence-electron chi connectivity index (χ3n) is 3.43. The van der Waals surface area contributed by atoms with Gasteiger partial charge in [-0.15, -0.1) is 6.42 Å². The Labute approximate surface area is 104 Å². The predicted molar refractivity (Wildman–Crippen MR) is 73.1 cm³/mol.